The minimum atomic E-state index is -0.490. The van der Waals surface area contributed by atoms with Gasteiger partial charge in [-0.25, -0.2) is 9.59 Å². The van der Waals surface area contributed by atoms with Crippen molar-refractivity contribution in [2.75, 3.05) is 14.2 Å². The molecular weight excluding hydrogens is 404 g/mol. The Morgan fingerprint density at radius 2 is 1.47 bits per heavy atom. The van der Waals surface area contributed by atoms with Crippen molar-refractivity contribution in [3.05, 3.63) is 101 Å². The van der Waals surface area contributed by atoms with Crippen LogP contribution in [0.5, 0.6) is 5.75 Å². The second-order valence-electron chi connectivity index (χ2n) is 7.44. The van der Waals surface area contributed by atoms with Gasteiger partial charge < -0.3 is 20.1 Å². The van der Waals surface area contributed by atoms with Crippen molar-refractivity contribution in [3.8, 4) is 5.75 Å². The molecule has 166 valence electrons. The standard InChI is InChI=1S/C26H28N2O4/c1-18(24(20-10-6-4-7-11-20)21-12-8-5-9-13-21)28-26(30)27-17-19-14-15-23(31-2)22(16-19)25(29)32-3/h4-16,18,24H,17H2,1-3H3,(H2,27,28,30). The molecule has 1 atom stereocenters. The van der Waals surface area contributed by atoms with E-state index in [1.807, 2.05) is 43.3 Å². The predicted octanol–water partition coefficient (Wildman–Crippen LogP) is 4.50. The van der Waals surface area contributed by atoms with Crippen LogP contribution in [0.25, 0.3) is 0 Å². The number of carbonyl (C=O) groups excluding carboxylic acids is 2. The maximum absolute atomic E-state index is 12.7. The minimum absolute atomic E-state index is 0.00932. The molecule has 0 radical (unpaired) electrons. The van der Waals surface area contributed by atoms with Crippen molar-refractivity contribution in [2.24, 2.45) is 0 Å². The Labute approximate surface area is 188 Å². The summed E-state index contributed by atoms with van der Waals surface area (Å²) in [6.07, 6.45) is 0. The summed E-state index contributed by atoms with van der Waals surface area (Å²) >= 11 is 0. The van der Waals surface area contributed by atoms with Crippen LogP contribution in [0.4, 0.5) is 4.79 Å². The first-order chi connectivity index (χ1) is 15.5. The van der Waals surface area contributed by atoms with Gasteiger partial charge in [-0.1, -0.05) is 66.7 Å². The van der Waals surface area contributed by atoms with Crippen LogP contribution in [0.15, 0.2) is 78.9 Å². The summed E-state index contributed by atoms with van der Waals surface area (Å²) in [6, 6.07) is 24.9. The molecule has 0 aliphatic carbocycles. The molecular formula is C26H28N2O4. The van der Waals surface area contributed by atoms with Crippen molar-refractivity contribution < 1.29 is 19.1 Å². The fourth-order valence-corrected chi connectivity index (χ4v) is 3.75. The molecule has 0 saturated carbocycles. The first kappa shape index (κ1) is 22.9. The number of hydrogen-bond donors (Lipinski definition) is 2. The molecule has 0 fully saturated rings. The Morgan fingerprint density at radius 3 is 2.00 bits per heavy atom. The molecule has 3 aromatic rings. The zero-order chi connectivity index (χ0) is 22.9. The third-order valence-electron chi connectivity index (χ3n) is 5.30. The number of esters is 1. The Balaban J connectivity index is 1.69. The number of methoxy groups -OCH3 is 2. The molecule has 0 heterocycles. The normalized spacial score (nSPS) is 11.5. The lowest BCUT2D eigenvalue weighted by Crippen LogP contribution is -2.43. The number of ether oxygens (including phenoxy) is 2. The lowest BCUT2D eigenvalue weighted by Gasteiger charge is -2.26. The summed E-state index contributed by atoms with van der Waals surface area (Å²) in [5, 5.41) is 5.92. The molecule has 32 heavy (non-hydrogen) atoms. The molecule has 0 spiro atoms. The van der Waals surface area contributed by atoms with Gasteiger partial charge in [-0.3, -0.25) is 0 Å². The van der Waals surface area contributed by atoms with E-state index in [1.54, 1.807) is 18.2 Å². The van der Waals surface area contributed by atoms with Crippen molar-refractivity contribution >= 4 is 12.0 Å². The Bertz CT molecular complexity index is 999. The average Bonchev–Trinajstić information content (AvgIpc) is 2.83. The summed E-state index contributed by atoms with van der Waals surface area (Å²) in [6.45, 7) is 2.25. The maximum Gasteiger partial charge on any atom is 0.341 e. The molecule has 6 nitrogen and oxygen atoms in total. The average molecular weight is 433 g/mol. The van der Waals surface area contributed by atoms with Gasteiger partial charge in [0.15, 0.2) is 0 Å². The van der Waals surface area contributed by atoms with Gasteiger partial charge in [0.05, 0.1) is 14.2 Å². The molecule has 0 bridgehead atoms. The van der Waals surface area contributed by atoms with Crippen LogP contribution in [0.3, 0.4) is 0 Å². The van der Waals surface area contributed by atoms with Gasteiger partial charge in [-0.05, 0) is 35.7 Å². The quantitative estimate of drug-likeness (QED) is 0.514. The number of hydrogen-bond acceptors (Lipinski definition) is 4. The number of urea groups is 1. The van der Waals surface area contributed by atoms with Crippen LogP contribution in [0.1, 0.15) is 39.9 Å². The van der Waals surface area contributed by atoms with E-state index in [1.165, 1.54) is 14.2 Å². The van der Waals surface area contributed by atoms with Crippen LogP contribution in [-0.2, 0) is 11.3 Å². The molecule has 6 heteroatoms. The highest BCUT2D eigenvalue weighted by atomic mass is 16.5. The molecule has 0 aromatic heterocycles. The van der Waals surface area contributed by atoms with Crippen molar-refractivity contribution in [3.63, 3.8) is 0 Å². The predicted molar refractivity (Wildman–Crippen MR) is 124 cm³/mol. The molecule has 3 aromatic carbocycles. The highest BCUT2D eigenvalue weighted by Crippen LogP contribution is 2.28. The summed E-state index contributed by atoms with van der Waals surface area (Å²) < 4.78 is 10.0. The first-order valence-electron chi connectivity index (χ1n) is 10.4. The second-order valence-corrected chi connectivity index (χ2v) is 7.44. The summed E-state index contributed by atoms with van der Waals surface area (Å²) in [4.78, 5) is 24.6. The number of amides is 2. The highest BCUT2D eigenvalue weighted by Gasteiger charge is 2.23. The Hall–Kier alpha value is -3.80. The summed E-state index contributed by atoms with van der Waals surface area (Å²) in [7, 11) is 2.81. The first-order valence-corrected chi connectivity index (χ1v) is 10.4. The molecule has 0 saturated heterocycles. The Morgan fingerprint density at radius 1 is 0.875 bits per heavy atom. The van der Waals surface area contributed by atoms with Crippen LogP contribution in [0, 0.1) is 0 Å². The van der Waals surface area contributed by atoms with Crippen LogP contribution < -0.4 is 15.4 Å². The van der Waals surface area contributed by atoms with Gasteiger partial charge in [0, 0.05) is 18.5 Å². The third kappa shape index (κ3) is 5.66. The number of benzene rings is 3. The fourth-order valence-electron chi connectivity index (χ4n) is 3.75. The van der Waals surface area contributed by atoms with Crippen molar-refractivity contribution in [1.82, 2.24) is 10.6 Å². The highest BCUT2D eigenvalue weighted by molar-refractivity contribution is 5.92. The van der Waals surface area contributed by atoms with Gasteiger partial charge in [0.2, 0.25) is 0 Å². The van der Waals surface area contributed by atoms with E-state index in [4.69, 9.17) is 9.47 Å². The monoisotopic (exact) mass is 432 g/mol. The summed E-state index contributed by atoms with van der Waals surface area (Å²) in [5.74, 6) is -0.0577. The number of carbonyl (C=O) groups is 2. The van der Waals surface area contributed by atoms with Gasteiger partial charge in [-0.2, -0.15) is 0 Å². The molecule has 0 aliphatic heterocycles. The smallest absolute Gasteiger partial charge is 0.341 e. The van der Waals surface area contributed by atoms with E-state index in [2.05, 4.69) is 34.9 Å². The van der Waals surface area contributed by atoms with E-state index in [0.717, 1.165) is 16.7 Å². The Kier molecular flexibility index (Phi) is 7.86. The number of rotatable bonds is 8. The van der Waals surface area contributed by atoms with Gasteiger partial charge >= 0.3 is 12.0 Å². The van der Waals surface area contributed by atoms with E-state index in [9.17, 15) is 9.59 Å². The largest absolute Gasteiger partial charge is 0.496 e. The van der Waals surface area contributed by atoms with E-state index >= 15 is 0 Å². The van der Waals surface area contributed by atoms with Crippen molar-refractivity contribution in [2.45, 2.75) is 25.4 Å². The molecule has 0 aliphatic rings. The molecule has 2 amide bonds. The summed E-state index contributed by atoms with van der Waals surface area (Å²) in [5.41, 5.74) is 3.33. The van der Waals surface area contributed by atoms with E-state index < -0.39 is 5.97 Å². The third-order valence-corrected chi connectivity index (χ3v) is 5.30. The zero-order valence-electron chi connectivity index (χ0n) is 18.5. The SMILES string of the molecule is COC(=O)c1cc(CNC(=O)NC(C)C(c2ccccc2)c2ccccc2)ccc1OC. The molecule has 2 N–H and O–H groups in total. The van der Waals surface area contributed by atoms with E-state index in [-0.39, 0.29) is 24.5 Å². The second kappa shape index (κ2) is 11.0. The van der Waals surface area contributed by atoms with Crippen molar-refractivity contribution in [1.29, 1.82) is 0 Å². The molecule has 1 unspecified atom stereocenters. The lowest BCUT2D eigenvalue weighted by molar-refractivity contribution is 0.0597. The maximum atomic E-state index is 12.7. The lowest BCUT2D eigenvalue weighted by atomic mass is 9.86. The zero-order valence-corrected chi connectivity index (χ0v) is 18.5. The number of nitrogens with one attached hydrogen (secondary N) is 2. The minimum Gasteiger partial charge on any atom is -0.496 e. The van der Waals surface area contributed by atoms with Gasteiger partial charge in [0.1, 0.15) is 11.3 Å². The van der Waals surface area contributed by atoms with Crippen LogP contribution >= 0.6 is 0 Å². The van der Waals surface area contributed by atoms with Gasteiger partial charge in [0.25, 0.3) is 0 Å². The molecule has 3 rings (SSSR count). The van der Waals surface area contributed by atoms with Crippen LogP contribution in [-0.4, -0.2) is 32.3 Å². The topological polar surface area (TPSA) is 76.7 Å². The van der Waals surface area contributed by atoms with Crippen LogP contribution in [0.2, 0.25) is 0 Å². The van der Waals surface area contributed by atoms with Gasteiger partial charge in [-0.15, -0.1) is 0 Å². The fraction of sp³-hybridized carbons (Fsp3) is 0.231. The van der Waals surface area contributed by atoms with E-state index in [0.29, 0.717) is 11.3 Å².